The van der Waals surface area contributed by atoms with Gasteiger partial charge in [-0.25, -0.2) is 9.82 Å². The molecule has 21 heavy (non-hydrogen) atoms. The Kier molecular flexibility index (Phi) is 3.99. The van der Waals surface area contributed by atoms with Crippen LogP contribution in [0.25, 0.3) is 11.0 Å². The van der Waals surface area contributed by atoms with Crippen LogP contribution in [0.1, 0.15) is 17.4 Å². The number of nitrogens with one attached hydrogen (secondary N) is 1. The van der Waals surface area contributed by atoms with E-state index in [0.29, 0.717) is 16.2 Å². The van der Waals surface area contributed by atoms with Crippen molar-refractivity contribution in [2.45, 2.75) is 6.04 Å². The summed E-state index contributed by atoms with van der Waals surface area (Å²) < 4.78 is 20.2. The van der Waals surface area contributed by atoms with Crippen molar-refractivity contribution in [3.8, 4) is 0 Å². The van der Waals surface area contributed by atoms with Crippen molar-refractivity contribution < 1.29 is 8.81 Å². The van der Waals surface area contributed by atoms with E-state index in [4.69, 9.17) is 21.9 Å². The van der Waals surface area contributed by atoms with E-state index in [1.807, 2.05) is 12.1 Å². The van der Waals surface area contributed by atoms with E-state index in [-0.39, 0.29) is 5.58 Å². The summed E-state index contributed by atoms with van der Waals surface area (Å²) in [6, 6.07) is 11.5. The number of furan rings is 1. The zero-order valence-electron chi connectivity index (χ0n) is 10.7. The lowest BCUT2D eigenvalue weighted by Gasteiger charge is -2.15. The predicted molar refractivity (Wildman–Crippen MR) is 84.5 cm³/mol. The lowest BCUT2D eigenvalue weighted by Crippen LogP contribution is -2.28. The second-order valence-electron chi connectivity index (χ2n) is 4.57. The highest BCUT2D eigenvalue weighted by Gasteiger charge is 2.21. The Bertz CT molecular complexity index is 805. The maximum atomic E-state index is 13.7. The van der Waals surface area contributed by atoms with E-state index >= 15 is 0 Å². The summed E-state index contributed by atoms with van der Waals surface area (Å²) in [6.07, 6.45) is 0. The van der Waals surface area contributed by atoms with Crippen LogP contribution in [0, 0.1) is 5.82 Å². The first-order valence-electron chi connectivity index (χ1n) is 6.19. The highest BCUT2D eigenvalue weighted by atomic mass is 79.9. The van der Waals surface area contributed by atoms with Crippen LogP contribution in [-0.2, 0) is 0 Å². The fraction of sp³-hybridized carbons (Fsp3) is 0.0667. The minimum Gasteiger partial charge on any atom is -0.456 e. The average molecular weight is 370 g/mol. The number of hydrogen-bond acceptors (Lipinski definition) is 3. The molecule has 0 radical (unpaired) electrons. The van der Waals surface area contributed by atoms with Crippen molar-refractivity contribution in [2.24, 2.45) is 5.84 Å². The molecular formula is C15H11BrClFN2O. The molecule has 1 atom stereocenters. The smallest absolute Gasteiger partial charge is 0.169 e. The van der Waals surface area contributed by atoms with Crippen LogP contribution in [0.5, 0.6) is 0 Å². The zero-order valence-corrected chi connectivity index (χ0v) is 13.1. The SMILES string of the molecule is NNC(c1cc2cccc(F)c2o1)c1cc(Br)ccc1Cl. The summed E-state index contributed by atoms with van der Waals surface area (Å²) >= 11 is 9.61. The van der Waals surface area contributed by atoms with Crippen molar-refractivity contribution in [1.29, 1.82) is 0 Å². The van der Waals surface area contributed by atoms with E-state index in [9.17, 15) is 4.39 Å². The van der Waals surface area contributed by atoms with Gasteiger partial charge < -0.3 is 4.42 Å². The number of rotatable bonds is 3. The van der Waals surface area contributed by atoms with Crippen LogP contribution in [0.3, 0.4) is 0 Å². The average Bonchev–Trinajstić information content (AvgIpc) is 2.89. The van der Waals surface area contributed by atoms with Gasteiger partial charge in [0.15, 0.2) is 11.4 Å². The quantitative estimate of drug-likeness (QED) is 0.526. The van der Waals surface area contributed by atoms with Gasteiger partial charge in [0, 0.05) is 14.9 Å². The Balaban J connectivity index is 2.13. The Morgan fingerprint density at radius 1 is 1.24 bits per heavy atom. The Labute approximate surface area is 134 Å². The maximum Gasteiger partial charge on any atom is 0.169 e. The number of para-hydroxylation sites is 1. The van der Waals surface area contributed by atoms with E-state index in [2.05, 4.69) is 21.4 Å². The summed E-state index contributed by atoms with van der Waals surface area (Å²) in [7, 11) is 0. The third kappa shape index (κ3) is 2.70. The number of benzene rings is 2. The van der Waals surface area contributed by atoms with Gasteiger partial charge in [-0.05, 0) is 35.9 Å². The van der Waals surface area contributed by atoms with Crippen molar-refractivity contribution >= 4 is 38.5 Å². The summed E-state index contributed by atoms with van der Waals surface area (Å²) in [5.74, 6) is 5.73. The molecule has 108 valence electrons. The lowest BCUT2D eigenvalue weighted by atomic mass is 10.0. The monoisotopic (exact) mass is 368 g/mol. The van der Waals surface area contributed by atoms with Gasteiger partial charge in [0.05, 0.1) is 0 Å². The molecular weight excluding hydrogens is 359 g/mol. The van der Waals surface area contributed by atoms with E-state index < -0.39 is 11.9 Å². The van der Waals surface area contributed by atoms with Crippen LogP contribution < -0.4 is 11.3 Å². The topological polar surface area (TPSA) is 51.2 Å². The van der Waals surface area contributed by atoms with Crippen molar-refractivity contribution in [3.63, 3.8) is 0 Å². The van der Waals surface area contributed by atoms with Crippen molar-refractivity contribution in [1.82, 2.24) is 5.43 Å². The maximum absolute atomic E-state index is 13.7. The highest BCUT2D eigenvalue weighted by Crippen LogP contribution is 2.33. The molecule has 1 heterocycles. The third-order valence-electron chi connectivity index (χ3n) is 3.24. The van der Waals surface area contributed by atoms with Gasteiger partial charge in [-0.1, -0.05) is 39.7 Å². The van der Waals surface area contributed by atoms with E-state index in [1.54, 1.807) is 24.3 Å². The standard InChI is InChI=1S/C15H11BrClFN2O/c16-9-4-5-11(17)10(7-9)14(20-19)13-6-8-2-1-3-12(18)15(8)21-13/h1-7,14,20H,19H2. The fourth-order valence-electron chi connectivity index (χ4n) is 2.25. The Morgan fingerprint density at radius 2 is 2.05 bits per heavy atom. The molecule has 3 rings (SSSR count). The number of fused-ring (bicyclic) bond motifs is 1. The van der Waals surface area contributed by atoms with Gasteiger partial charge >= 0.3 is 0 Å². The summed E-state index contributed by atoms with van der Waals surface area (Å²) in [5.41, 5.74) is 3.61. The third-order valence-corrected chi connectivity index (χ3v) is 4.07. The van der Waals surface area contributed by atoms with E-state index in [1.165, 1.54) is 6.07 Å². The predicted octanol–water partition coefficient (Wildman–Crippen LogP) is 4.54. The van der Waals surface area contributed by atoms with Gasteiger partial charge in [-0.3, -0.25) is 5.84 Å². The molecule has 0 aliphatic rings. The van der Waals surface area contributed by atoms with Gasteiger partial charge in [-0.15, -0.1) is 0 Å². The van der Waals surface area contributed by atoms with Crippen LogP contribution in [0.4, 0.5) is 4.39 Å². The van der Waals surface area contributed by atoms with Gasteiger partial charge in [0.1, 0.15) is 11.8 Å². The second-order valence-corrected chi connectivity index (χ2v) is 5.90. The molecule has 0 aliphatic heterocycles. The summed E-state index contributed by atoms with van der Waals surface area (Å²) in [6.45, 7) is 0. The first-order chi connectivity index (χ1) is 10.1. The largest absolute Gasteiger partial charge is 0.456 e. The molecule has 1 unspecified atom stereocenters. The molecule has 3 N–H and O–H groups in total. The van der Waals surface area contributed by atoms with Crippen molar-refractivity contribution in [3.05, 3.63) is 69.1 Å². The van der Waals surface area contributed by atoms with Crippen LogP contribution in [-0.4, -0.2) is 0 Å². The molecule has 3 nitrogen and oxygen atoms in total. The van der Waals surface area contributed by atoms with E-state index in [0.717, 1.165) is 10.0 Å². The highest BCUT2D eigenvalue weighted by molar-refractivity contribution is 9.10. The van der Waals surface area contributed by atoms with Crippen LogP contribution in [0.15, 0.2) is 51.4 Å². The zero-order chi connectivity index (χ0) is 15.0. The minimum atomic E-state index is -0.471. The number of hydrogen-bond donors (Lipinski definition) is 2. The number of nitrogens with two attached hydrogens (primary N) is 1. The molecule has 0 saturated carbocycles. The first-order valence-corrected chi connectivity index (χ1v) is 7.36. The van der Waals surface area contributed by atoms with Crippen LogP contribution in [0.2, 0.25) is 5.02 Å². The molecule has 0 bridgehead atoms. The minimum absolute atomic E-state index is 0.207. The van der Waals surface area contributed by atoms with Gasteiger partial charge in [0.25, 0.3) is 0 Å². The molecule has 0 amide bonds. The number of hydrazine groups is 1. The van der Waals surface area contributed by atoms with Gasteiger partial charge in [-0.2, -0.15) is 0 Å². The lowest BCUT2D eigenvalue weighted by molar-refractivity contribution is 0.465. The molecule has 3 aromatic rings. The molecule has 2 aromatic carbocycles. The fourth-order valence-corrected chi connectivity index (χ4v) is 2.86. The normalized spacial score (nSPS) is 12.8. The second kappa shape index (κ2) is 5.77. The van der Waals surface area contributed by atoms with Crippen LogP contribution >= 0.6 is 27.5 Å². The molecule has 0 saturated heterocycles. The summed E-state index contributed by atoms with van der Waals surface area (Å²) in [5, 5.41) is 1.22. The molecule has 0 fully saturated rings. The Morgan fingerprint density at radius 3 is 2.76 bits per heavy atom. The molecule has 6 heteroatoms. The molecule has 0 spiro atoms. The molecule has 1 aromatic heterocycles. The number of halogens is 3. The molecule has 0 aliphatic carbocycles. The van der Waals surface area contributed by atoms with Gasteiger partial charge in [0.2, 0.25) is 0 Å². The van der Waals surface area contributed by atoms with Crippen molar-refractivity contribution in [2.75, 3.05) is 0 Å². The Hall–Kier alpha value is -1.40. The summed E-state index contributed by atoms with van der Waals surface area (Å²) in [4.78, 5) is 0. The first kappa shape index (κ1) is 14.5.